The summed E-state index contributed by atoms with van der Waals surface area (Å²) >= 11 is 5.80. The van der Waals surface area contributed by atoms with Crippen LogP contribution in [0.15, 0.2) is 18.2 Å². The molecule has 1 aromatic carbocycles. The highest BCUT2D eigenvalue weighted by Gasteiger charge is 2.49. The normalized spacial score (nSPS) is 30.7. The molecule has 3 fully saturated rings. The fourth-order valence-electron chi connectivity index (χ4n) is 4.06. The lowest BCUT2D eigenvalue weighted by Gasteiger charge is -2.24. The smallest absolute Gasteiger partial charge is 0.315 e. The van der Waals surface area contributed by atoms with Gasteiger partial charge in [0.1, 0.15) is 23.8 Å². The molecule has 148 valence electrons. The van der Waals surface area contributed by atoms with Crippen molar-refractivity contribution in [1.29, 1.82) is 0 Å². The van der Waals surface area contributed by atoms with Gasteiger partial charge in [-0.2, -0.15) is 0 Å². The van der Waals surface area contributed by atoms with E-state index in [0.717, 1.165) is 25.7 Å². The Morgan fingerprint density at radius 2 is 1.89 bits per heavy atom. The van der Waals surface area contributed by atoms with Crippen molar-refractivity contribution in [3.05, 3.63) is 29.0 Å². The molecule has 8 heteroatoms. The van der Waals surface area contributed by atoms with E-state index in [0.29, 0.717) is 19.0 Å². The van der Waals surface area contributed by atoms with Gasteiger partial charge in [-0.25, -0.2) is 9.18 Å². The summed E-state index contributed by atoms with van der Waals surface area (Å²) in [6.45, 7) is 0.713. The number of amides is 2. The van der Waals surface area contributed by atoms with Crippen LogP contribution in [-0.4, -0.2) is 49.6 Å². The molecule has 2 N–H and O–H groups in total. The second-order valence-corrected chi connectivity index (χ2v) is 7.79. The van der Waals surface area contributed by atoms with E-state index in [1.807, 2.05) is 0 Å². The van der Waals surface area contributed by atoms with Gasteiger partial charge in [0.05, 0.1) is 24.3 Å². The molecule has 2 amide bonds. The van der Waals surface area contributed by atoms with Gasteiger partial charge in [-0.1, -0.05) is 30.9 Å². The molecule has 0 unspecified atom stereocenters. The number of benzene rings is 1. The fraction of sp³-hybridized carbons (Fsp3) is 0.632. The second kappa shape index (κ2) is 8.20. The van der Waals surface area contributed by atoms with Gasteiger partial charge in [-0.05, 0) is 25.0 Å². The Hall–Kier alpha value is -1.57. The lowest BCUT2D eigenvalue weighted by Crippen LogP contribution is -2.51. The maximum Gasteiger partial charge on any atom is 0.315 e. The minimum atomic E-state index is -0.491. The third-order valence-corrected chi connectivity index (χ3v) is 5.73. The van der Waals surface area contributed by atoms with Crippen LogP contribution in [0.5, 0.6) is 5.75 Å². The molecule has 2 heterocycles. The third-order valence-electron chi connectivity index (χ3n) is 5.44. The SMILES string of the molecule is O=C(NC1CCCCC1)N[C@H]1CO[C@H]2[C@@H]1OC[C@@H]2Oc1ccc(F)c(Cl)c1. The quantitative estimate of drug-likeness (QED) is 0.818. The molecule has 0 spiro atoms. The highest BCUT2D eigenvalue weighted by atomic mass is 35.5. The van der Waals surface area contributed by atoms with E-state index in [1.54, 1.807) is 0 Å². The van der Waals surface area contributed by atoms with Gasteiger partial charge in [0.15, 0.2) is 6.10 Å². The highest BCUT2D eigenvalue weighted by molar-refractivity contribution is 6.30. The second-order valence-electron chi connectivity index (χ2n) is 7.39. The van der Waals surface area contributed by atoms with E-state index in [1.165, 1.54) is 24.6 Å². The number of ether oxygens (including phenoxy) is 3. The number of hydrogen-bond donors (Lipinski definition) is 2. The van der Waals surface area contributed by atoms with Gasteiger partial charge in [-0.3, -0.25) is 0 Å². The molecule has 2 saturated heterocycles. The van der Waals surface area contributed by atoms with E-state index in [-0.39, 0.29) is 41.4 Å². The number of urea groups is 1. The lowest BCUT2D eigenvalue weighted by molar-refractivity contribution is 0.0303. The van der Waals surface area contributed by atoms with E-state index in [2.05, 4.69) is 10.6 Å². The fourth-order valence-corrected chi connectivity index (χ4v) is 4.23. The van der Waals surface area contributed by atoms with Crippen LogP contribution in [0.4, 0.5) is 9.18 Å². The van der Waals surface area contributed by atoms with Gasteiger partial charge in [0.2, 0.25) is 0 Å². The molecular weight excluding hydrogens is 375 g/mol. The molecular formula is C19H24ClFN2O4. The van der Waals surface area contributed by atoms with Gasteiger partial charge in [-0.15, -0.1) is 0 Å². The first kappa shape index (κ1) is 18.8. The maximum atomic E-state index is 13.3. The Bertz CT molecular complexity index is 686. The summed E-state index contributed by atoms with van der Waals surface area (Å²) in [6, 6.07) is 4.09. The maximum absolute atomic E-state index is 13.3. The van der Waals surface area contributed by atoms with Crippen molar-refractivity contribution in [3.63, 3.8) is 0 Å². The van der Waals surface area contributed by atoms with Crippen molar-refractivity contribution in [2.75, 3.05) is 13.2 Å². The minimum Gasteiger partial charge on any atom is -0.485 e. The molecule has 3 aliphatic rings. The first-order chi connectivity index (χ1) is 13.1. The highest BCUT2D eigenvalue weighted by Crippen LogP contribution is 2.31. The lowest BCUT2D eigenvalue weighted by atomic mass is 9.96. The first-order valence-corrected chi connectivity index (χ1v) is 9.90. The molecule has 1 saturated carbocycles. The van der Waals surface area contributed by atoms with Gasteiger partial charge in [0.25, 0.3) is 0 Å². The molecule has 0 radical (unpaired) electrons. The number of fused-ring (bicyclic) bond motifs is 1. The van der Waals surface area contributed by atoms with Crippen LogP contribution in [0.1, 0.15) is 32.1 Å². The summed E-state index contributed by atoms with van der Waals surface area (Å²) in [5.74, 6) is -0.0272. The predicted molar refractivity (Wildman–Crippen MR) is 97.6 cm³/mol. The molecule has 27 heavy (non-hydrogen) atoms. The Balaban J connectivity index is 1.30. The van der Waals surface area contributed by atoms with E-state index in [9.17, 15) is 9.18 Å². The van der Waals surface area contributed by atoms with Crippen LogP contribution in [0, 0.1) is 5.82 Å². The Kier molecular flexibility index (Phi) is 5.71. The molecule has 6 nitrogen and oxygen atoms in total. The van der Waals surface area contributed by atoms with Crippen molar-refractivity contribution < 1.29 is 23.4 Å². The zero-order valence-electron chi connectivity index (χ0n) is 15.0. The summed E-state index contributed by atoms with van der Waals surface area (Å²) in [4.78, 5) is 12.3. The van der Waals surface area contributed by atoms with Crippen molar-refractivity contribution >= 4 is 17.6 Å². The Morgan fingerprint density at radius 3 is 2.67 bits per heavy atom. The number of carbonyl (C=O) groups is 1. The molecule has 2 aliphatic heterocycles. The van der Waals surface area contributed by atoms with Crippen LogP contribution in [0.3, 0.4) is 0 Å². The molecule has 0 bridgehead atoms. The molecule has 1 aromatic rings. The monoisotopic (exact) mass is 398 g/mol. The number of hydrogen-bond acceptors (Lipinski definition) is 4. The van der Waals surface area contributed by atoms with Crippen LogP contribution in [0.25, 0.3) is 0 Å². The van der Waals surface area contributed by atoms with Gasteiger partial charge in [0, 0.05) is 12.1 Å². The average Bonchev–Trinajstić information content (AvgIpc) is 3.23. The summed E-state index contributed by atoms with van der Waals surface area (Å²) in [7, 11) is 0. The van der Waals surface area contributed by atoms with Crippen molar-refractivity contribution in [2.45, 2.75) is 62.5 Å². The third kappa shape index (κ3) is 4.31. The van der Waals surface area contributed by atoms with Crippen LogP contribution < -0.4 is 15.4 Å². The van der Waals surface area contributed by atoms with Crippen LogP contribution in [-0.2, 0) is 9.47 Å². The minimum absolute atomic E-state index is 0.00855. The number of halogens is 2. The van der Waals surface area contributed by atoms with Gasteiger partial charge < -0.3 is 24.8 Å². The standard InChI is InChI=1S/C19H24ClFN2O4/c20-13-8-12(6-7-14(13)21)27-16-10-26-17-15(9-25-18(16)17)23-19(24)22-11-4-2-1-3-5-11/h6-8,11,15-18H,1-5,9-10H2,(H2,22,23,24)/t15-,16-,17+,18+/m0/s1. The van der Waals surface area contributed by atoms with Crippen LogP contribution in [0.2, 0.25) is 5.02 Å². The summed E-state index contributed by atoms with van der Waals surface area (Å²) in [5, 5.41) is 6.03. The summed E-state index contributed by atoms with van der Waals surface area (Å²) < 4.78 is 30.8. The van der Waals surface area contributed by atoms with E-state index < -0.39 is 5.82 Å². The molecule has 1 aliphatic carbocycles. The zero-order chi connectivity index (χ0) is 18.8. The van der Waals surface area contributed by atoms with Crippen molar-refractivity contribution in [1.82, 2.24) is 10.6 Å². The zero-order valence-corrected chi connectivity index (χ0v) is 15.7. The number of nitrogens with one attached hydrogen (secondary N) is 2. The number of rotatable bonds is 4. The van der Waals surface area contributed by atoms with E-state index >= 15 is 0 Å². The van der Waals surface area contributed by atoms with Crippen molar-refractivity contribution in [3.8, 4) is 5.75 Å². The summed E-state index contributed by atoms with van der Waals surface area (Å²) in [5.41, 5.74) is 0. The largest absolute Gasteiger partial charge is 0.485 e. The Morgan fingerprint density at radius 1 is 1.11 bits per heavy atom. The predicted octanol–water partition coefficient (Wildman–Crippen LogP) is 3.02. The number of carbonyl (C=O) groups excluding carboxylic acids is 1. The topological polar surface area (TPSA) is 68.8 Å². The van der Waals surface area contributed by atoms with Gasteiger partial charge >= 0.3 is 6.03 Å². The summed E-state index contributed by atoms with van der Waals surface area (Å²) in [6.07, 6.45) is 4.77. The first-order valence-electron chi connectivity index (χ1n) is 9.52. The van der Waals surface area contributed by atoms with Crippen molar-refractivity contribution in [2.24, 2.45) is 0 Å². The molecule has 4 atom stereocenters. The van der Waals surface area contributed by atoms with Crippen LogP contribution >= 0.6 is 11.6 Å². The average molecular weight is 399 g/mol. The Labute approximate surface area is 162 Å². The van der Waals surface area contributed by atoms with E-state index in [4.69, 9.17) is 25.8 Å². The molecule has 4 rings (SSSR count). The molecule has 0 aromatic heterocycles.